The van der Waals surface area contributed by atoms with Crippen LogP contribution in [0.25, 0.3) is 22.0 Å². The van der Waals surface area contributed by atoms with Crippen LogP contribution >= 0.6 is 11.6 Å². The molecule has 1 fully saturated rings. The Morgan fingerprint density at radius 2 is 1.73 bits per heavy atom. The fourth-order valence-electron chi connectivity index (χ4n) is 6.24. The predicted molar refractivity (Wildman–Crippen MR) is 197 cm³/mol. The molecule has 5 aromatic rings. The first kappa shape index (κ1) is 36.2. The molecule has 1 N–H and O–H groups in total. The van der Waals surface area contributed by atoms with E-state index in [0.717, 1.165) is 0 Å². The van der Waals surface area contributed by atoms with Crippen LogP contribution in [-0.4, -0.2) is 62.3 Å². The normalized spacial score (nSPS) is 14.3. The monoisotopic (exact) mass is 724 g/mol. The molecule has 0 saturated carbocycles. The van der Waals surface area contributed by atoms with Gasteiger partial charge in [0.05, 0.1) is 29.2 Å². The number of halogens is 2. The number of amides is 2. The largest absolute Gasteiger partial charge is 0.443 e. The summed E-state index contributed by atoms with van der Waals surface area (Å²) in [4.78, 5) is 64.3. The molecule has 2 aromatic heterocycles. The van der Waals surface area contributed by atoms with E-state index in [2.05, 4.69) is 15.3 Å². The van der Waals surface area contributed by atoms with Crippen LogP contribution < -0.4 is 10.2 Å². The predicted octanol–water partition coefficient (Wildman–Crippen LogP) is 7.41. The third-order valence-corrected chi connectivity index (χ3v) is 9.28. The molecular weight excluding hydrogens is 687 g/mol. The average molecular weight is 725 g/mol. The zero-order valence-corrected chi connectivity index (χ0v) is 30.0. The Labute approximate surface area is 305 Å². The second-order valence-corrected chi connectivity index (χ2v) is 14.1. The van der Waals surface area contributed by atoms with E-state index in [9.17, 15) is 19.2 Å². The molecule has 0 aliphatic carbocycles. The summed E-state index contributed by atoms with van der Waals surface area (Å²) in [6.45, 7) is 6.82. The third kappa shape index (κ3) is 7.52. The molecule has 6 rings (SSSR count). The molecule has 52 heavy (non-hydrogen) atoms. The van der Waals surface area contributed by atoms with Crippen LogP contribution in [-0.2, 0) is 25.7 Å². The second kappa shape index (κ2) is 14.9. The van der Waals surface area contributed by atoms with Crippen LogP contribution in [0.5, 0.6) is 0 Å². The second-order valence-electron chi connectivity index (χ2n) is 13.6. The van der Waals surface area contributed by atoms with Crippen LogP contribution in [0.1, 0.15) is 50.9 Å². The zero-order chi connectivity index (χ0) is 37.2. The lowest BCUT2D eigenvalue weighted by Gasteiger charge is -2.26. The van der Waals surface area contributed by atoms with E-state index in [1.165, 1.54) is 24.2 Å². The smallest absolute Gasteiger partial charge is 0.312 e. The van der Waals surface area contributed by atoms with Crippen molar-refractivity contribution >= 4 is 63.1 Å². The number of rotatable bonds is 10. The molecule has 0 unspecified atom stereocenters. The van der Waals surface area contributed by atoms with Crippen molar-refractivity contribution in [3.05, 3.63) is 102 Å². The summed E-state index contributed by atoms with van der Waals surface area (Å²) in [7, 11) is 0. The number of nitrogens with zero attached hydrogens (tertiary/aromatic N) is 5. The van der Waals surface area contributed by atoms with Gasteiger partial charge in [-0.1, -0.05) is 41.9 Å². The van der Waals surface area contributed by atoms with Gasteiger partial charge in [0.25, 0.3) is 0 Å². The Kier molecular flexibility index (Phi) is 10.4. The molecule has 13 heteroatoms. The van der Waals surface area contributed by atoms with Crippen LogP contribution in [0.3, 0.4) is 0 Å². The number of ketones is 1. The van der Waals surface area contributed by atoms with Crippen LogP contribution in [0, 0.1) is 11.2 Å². The molecule has 0 bridgehead atoms. The SMILES string of the molecule is CC(=O)c1cn(CC(=O)N2CCC[C@H]2C(=O)Nc2cccc(-c3ccccc3Cl)c2F)c2ccc(N(COC(=O)C(C)(C)C)c3cncnc3)cc12. The molecule has 1 aliphatic heterocycles. The molecule has 0 spiro atoms. The van der Waals surface area contributed by atoms with Crippen molar-refractivity contribution in [2.75, 3.05) is 23.5 Å². The summed E-state index contributed by atoms with van der Waals surface area (Å²) in [5.41, 5.74) is 2.21. The van der Waals surface area contributed by atoms with E-state index in [4.69, 9.17) is 16.3 Å². The highest BCUT2D eigenvalue weighted by Crippen LogP contribution is 2.34. The number of fused-ring (bicyclic) bond motifs is 1. The molecule has 268 valence electrons. The maximum Gasteiger partial charge on any atom is 0.312 e. The highest BCUT2D eigenvalue weighted by atomic mass is 35.5. The van der Waals surface area contributed by atoms with E-state index >= 15 is 4.39 Å². The van der Waals surface area contributed by atoms with Gasteiger partial charge in [-0.3, -0.25) is 19.2 Å². The van der Waals surface area contributed by atoms with Gasteiger partial charge in [0, 0.05) is 51.0 Å². The highest BCUT2D eigenvalue weighted by Gasteiger charge is 2.35. The van der Waals surface area contributed by atoms with Crippen LogP contribution in [0.4, 0.5) is 21.5 Å². The number of Topliss-reactive ketones (excluding diaryl/α,β-unsaturated/α-hetero) is 1. The number of ether oxygens (including phenoxy) is 1. The van der Waals surface area contributed by atoms with E-state index < -0.39 is 29.2 Å². The fourth-order valence-corrected chi connectivity index (χ4v) is 6.48. The van der Waals surface area contributed by atoms with Gasteiger partial charge in [-0.15, -0.1) is 0 Å². The highest BCUT2D eigenvalue weighted by molar-refractivity contribution is 6.33. The Hall–Kier alpha value is -5.62. The Balaban J connectivity index is 1.24. The molecule has 2 amide bonds. The summed E-state index contributed by atoms with van der Waals surface area (Å²) < 4.78 is 23.0. The lowest BCUT2D eigenvalue weighted by Crippen LogP contribution is -2.44. The van der Waals surface area contributed by atoms with Crippen molar-refractivity contribution < 1.29 is 28.3 Å². The quantitative estimate of drug-likeness (QED) is 0.0897. The third-order valence-electron chi connectivity index (χ3n) is 8.95. The topological polar surface area (TPSA) is 127 Å². The number of hydrogen-bond donors (Lipinski definition) is 1. The molecular formula is C39H38ClFN6O5. The number of anilines is 3. The first-order chi connectivity index (χ1) is 24.8. The summed E-state index contributed by atoms with van der Waals surface area (Å²) in [5, 5.41) is 3.66. The van der Waals surface area contributed by atoms with Crippen molar-refractivity contribution in [3.8, 4) is 11.1 Å². The first-order valence-electron chi connectivity index (χ1n) is 16.8. The zero-order valence-electron chi connectivity index (χ0n) is 29.2. The van der Waals surface area contributed by atoms with Gasteiger partial charge in [-0.05, 0) is 70.9 Å². The van der Waals surface area contributed by atoms with Crippen LogP contribution in [0.15, 0.2) is 85.6 Å². The van der Waals surface area contributed by atoms with E-state index in [1.807, 2.05) is 0 Å². The molecule has 1 aliphatic rings. The van der Waals surface area contributed by atoms with Gasteiger partial charge in [-0.25, -0.2) is 14.4 Å². The standard InChI is InChI=1S/C39H38ClFN6O5/c1-24(48)30-20-45(33-15-14-25(17-29(30)33)47(26-18-42-22-43-19-26)23-52-38(51)39(2,3)4)21-35(49)46-16-8-13-34(46)37(50)44-32-12-7-10-28(36(32)41)27-9-5-6-11-31(27)40/h5-7,9-12,14-15,17-20,22,34H,8,13,16,21,23H2,1-4H3,(H,44,50)/t34-/m0/s1. The van der Waals surface area contributed by atoms with Crippen molar-refractivity contribution in [2.45, 2.75) is 53.1 Å². The van der Waals surface area contributed by atoms with Gasteiger partial charge in [0.15, 0.2) is 18.3 Å². The number of esters is 1. The summed E-state index contributed by atoms with van der Waals surface area (Å²) in [5.74, 6) is -2.04. The fraction of sp³-hybridized carbons (Fsp3) is 0.282. The Morgan fingerprint density at radius 3 is 2.44 bits per heavy atom. The molecule has 11 nitrogen and oxygen atoms in total. The van der Waals surface area contributed by atoms with Gasteiger partial charge in [-0.2, -0.15) is 0 Å². The van der Waals surface area contributed by atoms with Gasteiger partial charge < -0.3 is 24.4 Å². The number of likely N-dealkylation sites (tertiary alicyclic amines) is 1. The number of aromatic nitrogens is 3. The number of benzene rings is 3. The van der Waals surface area contributed by atoms with Gasteiger partial charge >= 0.3 is 5.97 Å². The van der Waals surface area contributed by atoms with E-state index in [0.29, 0.717) is 57.8 Å². The number of carbonyl (C=O) groups excluding carboxylic acids is 4. The molecule has 1 saturated heterocycles. The minimum atomic E-state index is -0.811. The van der Waals surface area contributed by atoms with Crippen molar-refractivity contribution in [1.29, 1.82) is 0 Å². The molecule has 1 atom stereocenters. The van der Waals surface area contributed by atoms with E-state index in [1.54, 1.807) is 103 Å². The maximum absolute atomic E-state index is 15.6. The maximum atomic E-state index is 15.6. The summed E-state index contributed by atoms with van der Waals surface area (Å²) >= 11 is 6.31. The minimum Gasteiger partial charge on any atom is -0.443 e. The van der Waals surface area contributed by atoms with Crippen molar-refractivity contribution in [2.24, 2.45) is 5.41 Å². The van der Waals surface area contributed by atoms with Gasteiger partial charge in [0.1, 0.15) is 18.9 Å². The lowest BCUT2D eigenvalue weighted by atomic mass is 9.97. The average Bonchev–Trinajstić information content (AvgIpc) is 3.75. The molecule has 3 aromatic carbocycles. The summed E-state index contributed by atoms with van der Waals surface area (Å²) in [6.07, 6.45) is 7.21. The molecule has 3 heterocycles. The summed E-state index contributed by atoms with van der Waals surface area (Å²) in [6, 6.07) is 16.1. The van der Waals surface area contributed by atoms with Crippen LogP contribution in [0.2, 0.25) is 5.02 Å². The van der Waals surface area contributed by atoms with Crippen molar-refractivity contribution in [1.82, 2.24) is 19.4 Å². The van der Waals surface area contributed by atoms with Crippen molar-refractivity contribution in [3.63, 3.8) is 0 Å². The Morgan fingerprint density at radius 1 is 1.00 bits per heavy atom. The Bertz CT molecular complexity index is 2170. The van der Waals surface area contributed by atoms with Gasteiger partial charge in [0.2, 0.25) is 11.8 Å². The number of carbonyl (C=O) groups is 4. The van der Waals surface area contributed by atoms with E-state index in [-0.39, 0.29) is 36.2 Å². The first-order valence-corrected chi connectivity index (χ1v) is 17.2. The minimum absolute atomic E-state index is 0.00990. The number of hydrogen-bond acceptors (Lipinski definition) is 8. The molecule has 0 radical (unpaired) electrons. The lowest BCUT2D eigenvalue weighted by molar-refractivity contribution is -0.152. The number of nitrogens with one attached hydrogen (secondary N) is 1.